The van der Waals surface area contributed by atoms with Crippen molar-refractivity contribution in [1.82, 2.24) is 15.6 Å². The fourth-order valence-electron chi connectivity index (χ4n) is 3.46. The molecule has 7 nitrogen and oxygen atoms in total. The fraction of sp³-hybridized carbons (Fsp3) is 0.111. The molecule has 0 amide bonds. The van der Waals surface area contributed by atoms with Crippen molar-refractivity contribution in [3.63, 3.8) is 0 Å². The summed E-state index contributed by atoms with van der Waals surface area (Å²) in [5.74, 6) is 1.53. The van der Waals surface area contributed by atoms with Crippen LogP contribution in [0.5, 0.6) is 5.75 Å². The fourth-order valence-corrected chi connectivity index (χ4v) is 3.46. The summed E-state index contributed by atoms with van der Waals surface area (Å²) < 4.78 is 6.29. The number of hydrogen-bond donors (Lipinski definition) is 2. The summed E-state index contributed by atoms with van der Waals surface area (Å²) in [4.78, 5) is 13.3. The number of aryl methyl sites for hydroxylation is 2. The van der Waals surface area contributed by atoms with E-state index in [-0.39, 0.29) is 0 Å². The minimum Gasteiger partial charge on any atom is -0.440 e. The Kier molecular flexibility index (Phi) is 6.80. The Bertz CT molecular complexity index is 1310. The summed E-state index contributed by atoms with van der Waals surface area (Å²) in [6, 6.07) is 17.2. The summed E-state index contributed by atoms with van der Waals surface area (Å²) in [5.41, 5.74) is 6.03. The van der Waals surface area contributed by atoms with Crippen molar-refractivity contribution < 1.29 is 4.74 Å². The monoisotopic (exact) mass is 448 g/mol. The number of nitriles is 1. The Balaban J connectivity index is 1.67. The maximum atomic E-state index is 9.02. The Morgan fingerprint density at radius 1 is 1.03 bits per heavy atom. The number of hydrogen-bond acceptors (Lipinski definition) is 5. The molecule has 1 aromatic heterocycles. The molecule has 0 atom stereocenters. The molecule has 0 fully saturated rings. The molecule has 3 aromatic rings. The molecule has 2 heterocycles. The van der Waals surface area contributed by atoms with Crippen molar-refractivity contribution in [2.45, 2.75) is 13.8 Å². The third-order valence-electron chi connectivity index (χ3n) is 5.08. The molecule has 2 N–H and O–H groups in total. The van der Waals surface area contributed by atoms with Gasteiger partial charge in [-0.25, -0.2) is 4.99 Å². The van der Waals surface area contributed by atoms with Crippen LogP contribution < -0.4 is 15.4 Å². The Morgan fingerprint density at radius 2 is 1.74 bits per heavy atom. The van der Waals surface area contributed by atoms with Crippen LogP contribution in [-0.2, 0) is 0 Å². The molecule has 1 aliphatic rings. The topological polar surface area (TPSA) is 94.7 Å². The Morgan fingerprint density at radius 3 is 2.41 bits per heavy atom. The lowest BCUT2D eigenvalue weighted by Gasteiger charge is -2.16. The van der Waals surface area contributed by atoms with E-state index in [1.165, 1.54) is 0 Å². The number of benzene rings is 2. The first-order chi connectivity index (χ1) is 16.5. The number of ether oxygens (including phenoxy) is 1. The second-order valence-electron chi connectivity index (χ2n) is 7.74. The number of guanidine groups is 1. The van der Waals surface area contributed by atoms with Gasteiger partial charge in [0.15, 0.2) is 0 Å². The largest absolute Gasteiger partial charge is 0.440 e. The van der Waals surface area contributed by atoms with Crippen LogP contribution in [0, 0.1) is 25.2 Å². The predicted molar refractivity (Wildman–Crippen MR) is 135 cm³/mol. The molecule has 168 valence electrons. The van der Waals surface area contributed by atoms with E-state index in [9.17, 15) is 0 Å². The average Bonchev–Trinajstić information content (AvgIpc) is 2.92. The molecule has 0 spiro atoms. The van der Waals surface area contributed by atoms with Gasteiger partial charge in [-0.05, 0) is 96.9 Å². The molecule has 0 unspecified atom stereocenters. The van der Waals surface area contributed by atoms with Crippen molar-refractivity contribution in [2.75, 3.05) is 6.54 Å². The number of aliphatic imine (C=N–C) groups is 2. The highest BCUT2D eigenvalue weighted by Crippen LogP contribution is 2.30. The summed E-state index contributed by atoms with van der Waals surface area (Å²) in [7, 11) is 0. The number of aromatic nitrogens is 1. The quantitative estimate of drug-likeness (QED) is 0.593. The van der Waals surface area contributed by atoms with Gasteiger partial charge in [0, 0.05) is 18.1 Å². The molecule has 34 heavy (non-hydrogen) atoms. The second kappa shape index (κ2) is 10.3. The standard InChI is InChI=1S/C27H24N6O/c1-18-14-23(22-9-12-29-13-10-22)15-19(2)26(18)34-25-17-30-11-8-20(3)31-27(33-25)32-24-6-4-21(16-28)5-7-24/h4-15,30H,3,17H2,1-2H3,(H,31,32)/b11-8-,33-25+. The first-order valence-corrected chi connectivity index (χ1v) is 10.7. The van der Waals surface area contributed by atoms with Crippen LogP contribution >= 0.6 is 0 Å². The smallest absolute Gasteiger partial charge is 0.230 e. The van der Waals surface area contributed by atoms with E-state index in [2.05, 4.69) is 50.4 Å². The van der Waals surface area contributed by atoms with Crippen LogP contribution in [0.4, 0.5) is 5.69 Å². The van der Waals surface area contributed by atoms with E-state index in [1.807, 2.05) is 26.0 Å². The van der Waals surface area contributed by atoms with Crippen molar-refractivity contribution in [1.29, 1.82) is 5.26 Å². The van der Waals surface area contributed by atoms with Gasteiger partial charge in [-0.2, -0.15) is 10.3 Å². The van der Waals surface area contributed by atoms with Crippen LogP contribution in [-0.4, -0.2) is 23.4 Å². The number of nitrogens with one attached hydrogen (secondary N) is 2. The molecular formula is C27H24N6O. The summed E-state index contributed by atoms with van der Waals surface area (Å²) in [6.07, 6.45) is 7.15. The van der Waals surface area contributed by atoms with Crippen LogP contribution in [0.1, 0.15) is 16.7 Å². The molecule has 2 aromatic carbocycles. The highest BCUT2D eigenvalue weighted by molar-refractivity contribution is 5.97. The van der Waals surface area contributed by atoms with Gasteiger partial charge in [0.25, 0.3) is 0 Å². The first kappa shape index (κ1) is 22.5. The maximum absolute atomic E-state index is 9.02. The average molecular weight is 449 g/mol. The van der Waals surface area contributed by atoms with E-state index in [0.717, 1.165) is 28.0 Å². The van der Waals surface area contributed by atoms with Crippen LogP contribution in [0.2, 0.25) is 0 Å². The van der Waals surface area contributed by atoms with Gasteiger partial charge < -0.3 is 15.4 Å². The summed E-state index contributed by atoms with van der Waals surface area (Å²) >= 11 is 0. The minimum absolute atomic E-state index is 0.335. The van der Waals surface area contributed by atoms with Crippen molar-refractivity contribution in [3.8, 4) is 22.9 Å². The zero-order valence-corrected chi connectivity index (χ0v) is 19.0. The van der Waals surface area contributed by atoms with E-state index >= 15 is 0 Å². The lowest BCUT2D eigenvalue weighted by atomic mass is 10.0. The van der Waals surface area contributed by atoms with E-state index in [0.29, 0.717) is 35.3 Å². The zero-order valence-electron chi connectivity index (χ0n) is 19.0. The molecule has 0 saturated heterocycles. The minimum atomic E-state index is 0.335. The van der Waals surface area contributed by atoms with Crippen molar-refractivity contribution in [3.05, 3.63) is 102 Å². The molecule has 0 radical (unpaired) electrons. The van der Waals surface area contributed by atoms with Crippen molar-refractivity contribution >= 4 is 17.5 Å². The third kappa shape index (κ3) is 5.56. The molecular weight excluding hydrogens is 424 g/mol. The lowest BCUT2D eigenvalue weighted by Crippen LogP contribution is -2.27. The van der Waals surface area contributed by atoms with Gasteiger partial charge in [-0.1, -0.05) is 6.58 Å². The van der Waals surface area contributed by atoms with E-state index in [4.69, 9.17) is 10.00 Å². The molecule has 7 heteroatoms. The maximum Gasteiger partial charge on any atom is 0.230 e. The van der Waals surface area contributed by atoms with Gasteiger partial charge in [0.05, 0.1) is 23.9 Å². The predicted octanol–water partition coefficient (Wildman–Crippen LogP) is 4.92. The SMILES string of the molecule is C=C1/C=C\NC/C(Oc2c(C)cc(-c3ccncc3)cc2C)=N\C(=Nc2ccc(C#N)cc2)N1. The number of pyridine rings is 1. The van der Waals surface area contributed by atoms with Gasteiger partial charge >= 0.3 is 0 Å². The van der Waals surface area contributed by atoms with Gasteiger partial charge in [-0.15, -0.1) is 0 Å². The van der Waals surface area contributed by atoms with E-state index < -0.39 is 0 Å². The molecule has 0 saturated carbocycles. The van der Waals surface area contributed by atoms with Crippen LogP contribution in [0.25, 0.3) is 11.1 Å². The summed E-state index contributed by atoms with van der Waals surface area (Å²) in [6.45, 7) is 8.37. The second-order valence-corrected chi connectivity index (χ2v) is 7.74. The van der Waals surface area contributed by atoms with Gasteiger partial charge in [-0.3, -0.25) is 4.98 Å². The highest BCUT2D eigenvalue weighted by Gasteiger charge is 2.13. The van der Waals surface area contributed by atoms with Crippen LogP contribution in [0.15, 0.2) is 95.5 Å². The van der Waals surface area contributed by atoms with Gasteiger partial charge in [0.1, 0.15) is 5.75 Å². The third-order valence-corrected chi connectivity index (χ3v) is 5.08. The zero-order chi connectivity index (χ0) is 23.9. The molecule has 0 aliphatic carbocycles. The molecule has 0 bridgehead atoms. The summed E-state index contributed by atoms with van der Waals surface area (Å²) in [5, 5.41) is 15.3. The van der Waals surface area contributed by atoms with Gasteiger partial charge in [0.2, 0.25) is 11.9 Å². The highest BCUT2D eigenvalue weighted by atomic mass is 16.5. The first-order valence-electron chi connectivity index (χ1n) is 10.7. The van der Waals surface area contributed by atoms with E-state index in [1.54, 1.807) is 48.9 Å². The van der Waals surface area contributed by atoms with Crippen LogP contribution in [0.3, 0.4) is 0 Å². The molecule has 1 aliphatic heterocycles. The molecule has 4 rings (SSSR count). The Hall–Kier alpha value is -4.70. The van der Waals surface area contributed by atoms with Crippen molar-refractivity contribution in [2.24, 2.45) is 9.98 Å². The number of allylic oxidation sites excluding steroid dienone is 1. The Labute approximate surface area is 198 Å². The number of nitrogens with zero attached hydrogens (tertiary/aromatic N) is 4. The normalized spacial score (nSPS) is 17.1. The lowest BCUT2D eigenvalue weighted by molar-refractivity contribution is 0.527. The number of rotatable bonds is 3.